The highest BCUT2D eigenvalue weighted by atomic mass is 16.1. The van der Waals surface area contributed by atoms with Gasteiger partial charge in [-0.2, -0.15) is 0 Å². The van der Waals surface area contributed by atoms with Crippen molar-refractivity contribution in [2.75, 3.05) is 0 Å². The van der Waals surface area contributed by atoms with E-state index in [4.69, 9.17) is 0 Å². The molecule has 16 heavy (non-hydrogen) atoms. The molecule has 0 radical (unpaired) electrons. The largest absolute Gasteiger partial charge is 0.299 e. The van der Waals surface area contributed by atoms with Crippen LogP contribution in [0, 0.1) is 17.8 Å². The topological polar surface area (TPSA) is 17.1 Å². The van der Waals surface area contributed by atoms with Crippen molar-refractivity contribution >= 4 is 5.78 Å². The Balaban J connectivity index is 1.64. The Hall–Kier alpha value is -0.330. The van der Waals surface area contributed by atoms with Crippen LogP contribution in [0.15, 0.2) is 0 Å². The van der Waals surface area contributed by atoms with E-state index < -0.39 is 0 Å². The van der Waals surface area contributed by atoms with Gasteiger partial charge in [0.2, 0.25) is 0 Å². The zero-order valence-electron chi connectivity index (χ0n) is 10.7. The van der Waals surface area contributed by atoms with Crippen LogP contribution in [0.25, 0.3) is 0 Å². The van der Waals surface area contributed by atoms with Crippen LogP contribution in [0.3, 0.4) is 0 Å². The Bertz CT molecular complexity index is 222. The summed E-state index contributed by atoms with van der Waals surface area (Å²) in [5.74, 6) is 2.87. The minimum atomic E-state index is 0.437. The maximum absolute atomic E-state index is 12.0. The van der Waals surface area contributed by atoms with E-state index in [9.17, 15) is 4.79 Å². The SMILES string of the molecule is CCCC1CCC(C(=O)CCC2CC2)CC1. The smallest absolute Gasteiger partial charge is 0.135 e. The molecule has 2 rings (SSSR count). The summed E-state index contributed by atoms with van der Waals surface area (Å²) in [6.07, 6.45) is 12.5. The van der Waals surface area contributed by atoms with Gasteiger partial charge in [0.15, 0.2) is 0 Å². The van der Waals surface area contributed by atoms with E-state index in [1.54, 1.807) is 0 Å². The molecule has 2 fully saturated rings. The summed E-state index contributed by atoms with van der Waals surface area (Å²) >= 11 is 0. The van der Waals surface area contributed by atoms with Crippen molar-refractivity contribution in [3.8, 4) is 0 Å². The van der Waals surface area contributed by atoms with Gasteiger partial charge in [0, 0.05) is 12.3 Å². The molecule has 0 unspecified atom stereocenters. The van der Waals surface area contributed by atoms with Crippen molar-refractivity contribution < 1.29 is 4.79 Å². The Morgan fingerprint density at radius 3 is 2.06 bits per heavy atom. The fourth-order valence-corrected chi connectivity index (χ4v) is 3.14. The maximum atomic E-state index is 12.0. The van der Waals surface area contributed by atoms with E-state index in [1.165, 1.54) is 57.8 Å². The van der Waals surface area contributed by atoms with Crippen LogP contribution < -0.4 is 0 Å². The van der Waals surface area contributed by atoms with Crippen molar-refractivity contribution in [1.82, 2.24) is 0 Å². The number of hydrogen-bond donors (Lipinski definition) is 0. The minimum absolute atomic E-state index is 0.437. The van der Waals surface area contributed by atoms with Gasteiger partial charge in [0.25, 0.3) is 0 Å². The first-order valence-electron chi connectivity index (χ1n) is 7.32. The van der Waals surface area contributed by atoms with Gasteiger partial charge < -0.3 is 0 Å². The first kappa shape index (κ1) is 12.1. The van der Waals surface area contributed by atoms with Crippen LogP contribution >= 0.6 is 0 Å². The third kappa shape index (κ3) is 3.61. The Labute approximate surface area is 100.0 Å². The second kappa shape index (κ2) is 5.84. The zero-order chi connectivity index (χ0) is 11.4. The molecule has 0 amide bonds. The van der Waals surface area contributed by atoms with Gasteiger partial charge in [-0.25, -0.2) is 0 Å². The number of carbonyl (C=O) groups excluding carboxylic acids is 1. The highest BCUT2D eigenvalue weighted by molar-refractivity contribution is 5.81. The molecular weight excluding hydrogens is 196 g/mol. The molecular formula is C15H26O. The zero-order valence-corrected chi connectivity index (χ0v) is 10.7. The number of rotatable bonds is 6. The van der Waals surface area contributed by atoms with E-state index in [-0.39, 0.29) is 0 Å². The van der Waals surface area contributed by atoms with Crippen LogP contribution in [0.1, 0.15) is 71.1 Å². The predicted molar refractivity (Wildman–Crippen MR) is 67.3 cm³/mol. The predicted octanol–water partition coefficient (Wildman–Crippen LogP) is 4.35. The van der Waals surface area contributed by atoms with Crippen LogP contribution in [-0.4, -0.2) is 5.78 Å². The van der Waals surface area contributed by atoms with E-state index in [0.717, 1.165) is 18.3 Å². The standard InChI is InChI=1S/C15H26O/c1-2-3-12-6-9-14(10-7-12)15(16)11-8-13-4-5-13/h12-14H,2-11H2,1H3. The Kier molecular flexibility index (Phi) is 4.43. The van der Waals surface area contributed by atoms with Crippen LogP contribution in [0.4, 0.5) is 0 Å². The summed E-state index contributed by atoms with van der Waals surface area (Å²) in [6, 6.07) is 0. The van der Waals surface area contributed by atoms with Crippen molar-refractivity contribution in [2.45, 2.75) is 71.1 Å². The van der Waals surface area contributed by atoms with Gasteiger partial charge in [-0.3, -0.25) is 4.79 Å². The van der Waals surface area contributed by atoms with E-state index in [2.05, 4.69) is 6.92 Å². The number of carbonyl (C=O) groups is 1. The van der Waals surface area contributed by atoms with Gasteiger partial charge in [0.1, 0.15) is 5.78 Å². The van der Waals surface area contributed by atoms with Gasteiger partial charge in [0.05, 0.1) is 0 Å². The first-order chi connectivity index (χ1) is 7.79. The molecule has 1 heteroatoms. The average molecular weight is 222 g/mol. The van der Waals surface area contributed by atoms with E-state index >= 15 is 0 Å². The minimum Gasteiger partial charge on any atom is -0.299 e. The fraction of sp³-hybridized carbons (Fsp3) is 0.933. The van der Waals surface area contributed by atoms with Gasteiger partial charge >= 0.3 is 0 Å². The van der Waals surface area contributed by atoms with Crippen molar-refractivity contribution in [3.05, 3.63) is 0 Å². The third-order valence-corrected chi connectivity index (χ3v) is 4.49. The summed E-state index contributed by atoms with van der Waals surface area (Å²) in [6.45, 7) is 2.27. The molecule has 2 aliphatic rings. The van der Waals surface area contributed by atoms with Crippen molar-refractivity contribution in [3.63, 3.8) is 0 Å². The van der Waals surface area contributed by atoms with Crippen molar-refractivity contribution in [2.24, 2.45) is 17.8 Å². The molecule has 0 atom stereocenters. The molecule has 2 saturated carbocycles. The summed E-state index contributed by atoms with van der Waals surface area (Å²) < 4.78 is 0. The van der Waals surface area contributed by atoms with Gasteiger partial charge in [-0.1, -0.05) is 32.6 Å². The van der Waals surface area contributed by atoms with E-state index in [1.807, 2.05) is 0 Å². The number of Topliss-reactive ketones (excluding diaryl/α,β-unsaturated/α-hetero) is 1. The van der Waals surface area contributed by atoms with Gasteiger partial charge in [-0.05, 0) is 43.9 Å². The highest BCUT2D eigenvalue weighted by Crippen LogP contribution is 2.36. The summed E-state index contributed by atoms with van der Waals surface area (Å²) in [5, 5.41) is 0. The van der Waals surface area contributed by atoms with Crippen LogP contribution in [0.2, 0.25) is 0 Å². The molecule has 0 saturated heterocycles. The molecule has 0 aromatic rings. The highest BCUT2D eigenvalue weighted by Gasteiger charge is 2.27. The monoisotopic (exact) mass is 222 g/mol. The molecule has 0 bridgehead atoms. The molecule has 2 aliphatic carbocycles. The second-order valence-electron chi connectivity index (χ2n) is 5.95. The fourth-order valence-electron chi connectivity index (χ4n) is 3.14. The summed E-state index contributed by atoms with van der Waals surface area (Å²) in [5.41, 5.74) is 0. The number of hydrogen-bond acceptors (Lipinski definition) is 1. The van der Waals surface area contributed by atoms with Crippen LogP contribution in [0.5, 0.6) is 0 Å². The lowest BCUT2D eigenvalue weighted by Gasteiger charge is -2.27. The normalized spacial score (nSPS) is 30.3. The second-order valence-corrected chi connectivity index (χ2v) is 5.95. The Morgan fingerprint density at radius 1 is 0.938 bits per heavy atom. The van der Waals surface area contributed by atoms with E-state index in [0.29, 0.717) is 11.7 Å². The quantitative estimate of drug-likeness (QED) is 0.653. The molecule has 1 nitrogen and oxygen atoms in total. The lowest BCUT2D eigenvalue weighted by Crippen LogP contribution is -2.21. The molecule has 0 heterocycles. The van der Waals surface area contributed by atoms with Crippen molar-refractivity contribution in [1.29, 1.82) is 0 Å². The molecule has 0 aromatic heterocycles. The van der Waals surface area contributed by atoms with Gasteiger partial charge in [-0.15, -0.1) is 0 Å². The molecule has 92 valence electrons. The van der Waals surface area contributed by atoms with Crippen LogP contribution in [-0.2, 0) is 4.79 Å². The molecule has 0 aromatic carbocycles. The molecule has 0 aliphatic heterocycles. The number of ketones is 1. The first-order valence-corrected chi connectivity index (χ1v) is 7.32. The lowest BCUT2D eigenvalue weighted by molar-refractivity contribution is -0.124. The summed E-state index contributed by atoms with van der Waals surface area (Å²) in [4.78, 5) is 12.0. The third-order valence-electron chi connectivity index (χ3n) is 4.49. The average Bonchev–Trinajstić information content (AvgIpc) is 3.11. The Morgan fingerprint density at radius 2 is 1.50 bits per heavy atom. The molecule has 0 spiro atoms. The molecule has 0 N–H and O–H groups in total. The lowest BCUT2D eigenvalue weighted by atomic mass is 9.77. The summed E-state index contributed by atoms with van der Waals surface area (Å²) in [7, 11) is 0. The maximum Gasteiger partial charge on any atom is 0.135 e.